The first-order valence-electron chi connectivity index (χ1n) is 15.9. The van der Waals surface area contributed by atoms with Crippen LogP contribution in [0, 0.1) is 0 Å². The van der Waals surface area contributed by atoms with Gasteiger partial charge in [0, 0.05) is 53.8 Å². The molecule has 2 nitrogen and oxygen atoms in total. The van der Waals surface area contributed by atoms with Crippen molar-refractivity contribution in [2.75, 3.05) is 4.90 Å². The van der Waals surface area contributed by atoms with Gasteiger partial charge in [0.2, 0.25) is 0 Å². The molecule has 0 saturated heterocycles. The number of anilines is 3. The molecule has 0 unspecified atom stereocenters. The van der Waals surface area contributed by atoms with Crippen LogP contribution < -0.4 is 4.90 Å². The Morgan fingerprint density at radius 2 is 1.04 bits per heavy atom. The highest BCUT2D eigenvalue weighted by atomic mass is 32.1. The highest BCUT2D eigenvalue weighted by Crippen LogP contribution is 2.46. The smallest absolute Gasteiger partial charge is 0.137 e. The third kappa shape index (κ3) is 4.10. The Morgan fingerprint density at radius 3 is 1.89 bits per heavy atom. The average Bonchev–Trinajstić information content (AvgIpc) is 3.71. The van der Waals surface area contributed by atoms with Crippen molar-refractivity contribution >= 4 is 92.1 Å². The predicted octanol–water partition coefficient (Wildman–Crippen LogP) is 13.4. The van der Waals surface area contributed by atoms with E-state index in [2.05, 4.69) is 169 Å². The van der Waals surface area contributed by atoms with Crippen LogP contribution in [0.3, 0.4) is 0 Å². The van der Waals surface area contributed by atoms with Gasteiger partial charge >= 0.3 is 0 Å². The van der Waals surface area contributed by atoms with E-state index in [1.54, 1.807) is 0 Å². The molecule has 2 aromatic heterocycles. The van der Waals surface area contributed by atoms with E-state index < -0.39 is 0 Å². The van der Waals surface area contributed by atoms with E-state index in [4.69, 9.17) is 4.42 Å². The van der Waals surface area contributed by atoms with Crippen LogP contribution in [0.2, 0.25) is 0 Å². The summed E-state index contributed by atoms with van der Waals surface area (Å²) < 4.78 is 9.26. The highest BCUT2D eigenvalue weighted by molar-refractivity contribution is 7.27. The summed E-state index contributed by atoms with van der Waals surface area (Å²) in [6.45, 7) is 0. The zero-order valence-corrected chi connectivity index (χ0v) is 26.2. The number of fused-ring (bicyclic) bond motifs is 10. The summed E-state index contributed by atoms with van der Waals surface area (Å²) in [4.78, 5) is 2.35. The minimum atomic E-state index is 0.887. The van der Waals surface area contributed by atoms with Crippen LogP contribution in [0.25, 0.3) is 74.8 Å². The first kappa shape index (κ1) is 26.3. The first-order chi connectivity index (χ1) is 23.3. The quantitative estimate of drug-likeness (QED) is 0.195. The molecule has 0 aliphatic heterocycles. The Bertz CT molecular complexity index is 2790. The summed E-state index contributed by atoms with van der Waals surface area (Å²) >= 11 is 1.87. The van der Waals surface area contributed by atoms with Crippen molar-refractivity contribution in [1.82, 2.24) is 0 Å². The maximum absolute atomic E-state index is 6.65. The van der Waals surface area contributed by atoms with Crippen molar-refractivity contribution < 1.29 is 4.42 Å². The second-order valence-corrected chi connectivity index (χ2v) is 13.1. The van der Waals surface area contributed by atoms with Crippen molar-refractivity contribution in [2.24, 2.45) is 0 Å². The first-order valence-corrected chi connectivity index (χ1v) is 16.7. The van der Waals surface area contributed by atoms with Gasteiger partial charge in [0.05, 0.1) is 5.69 Å². The Hall–Kier alpha value is -5.90. The minimum Gasteiger partial charge on any atom is -0.456 e. The topological polar surface area (TPSA) is 16.4 Å². The van der Waals surface area contributed by atoms with E-state index in [0.717, 1.165) is 33.6 Å². The van der Waals surface area contributed by atoms with Gasteiger partial charge in [0.1, 0.15) is 11.2 Å². The zero-order chi connectivity index (χ0) is 30.9. The van der Waals surface area contributed by atoms with Crippen molar-refractivity contribution in [3.63, 3.8) is 0 Å². The summed E-state index contributed by atoms with van der Waals surface area (Å²) in [7, 11) is 0. The molecular formula is C44H27NOS. The van der Waals surface area contributed by atoms with Gasteiger partial charge in [0.25, 0.3) is 0 Å². The SMILES string of the molecule is c1ccc(-c2ccc(N(c3ccc4c(c3)oc3ccc5c6ccc7ccccc7c6sc5c34)c3cccc4ccccc34)cc2)cc1. The number of hydrogen-bond acceptors (Lipinski definition) is 3. The fourth-order valence-electron chi connectivity index (χ4n) is 7.21. The third-order valence-corrected chi connectivity index (χ3v) is 10.7. The molecule has 3 heteroatoms. The molecule has 0 bridgehead atoms. The Kier molecular flexibility index (Phi) is 5.78. The molecule has 0 aliphatic carbocycles. The molecule has 0 atom stereocenters. The van der Waals surface area contributed by atoms with Crippen LogP contribution in [0.15, 0.2) is 168 Å². The van der Waals surface area contributed by atoms with Gasteiger partial charge in [-0.2, -0.15) is 0 Å². The molecule has 47 heavy (non-hydrogen) atoms. The molecule has 0 saturated carbocycles. The second-order valence-electron chi connectivity index (χ2n) is 12.1. The summed E-state index contributed by atoms with van der Waals surface area (Å²) in [5, 5.41) is 9.91. The normalized spacial score (nSPS) is 11.8. The highest BCUT2D eigenvalue weighted by Gasteiger charge is 2.20. The molecule has 10 rings (SSSR count). The molecule has 10 aromatic rings. The van der Waals surface area contributed by atoms with E-state index in [1.807, 2.05) is 11.3 Å². The molecule has 0 spiro atoms. The molecule has 0 aliphatic rings. The van der Waals surface area contributed by atoms with E-state index in [9.17, 15) is 0 Å². The molecular weight excluding hydrogens is 591 g/mol. The summed E-state index contributed by atoms with van der Waals surface area (Å²) in [5.41, 5.74) is 7.49. The van der Waals surface area contributed by atoms with Crippen molar-refractivity contribution in [3.8, 4) is 11.1 Å². The van der Waals surface area contributed by atoms with Gasteiger partial charge in [-0.05, 0) is 69.8 Å². The minimum absolute atomic E-state index is 0.887. The lowest BCUT2D eigenvalue weighted by atomic mass is 10.0. The van der Waals surface area contributed by atoms with Crippen LogP contribution in [0.4, 0.5) is 17.1 Å². The molecule has 2 heterocycles. The van der Waals surface area contributed by atoms with Gasteiger partial charge in [-0.1, -0.05) is 115 Å². The van der Waals surface area contributed by atoms with Gasteiger partial charge in [-0.25, -0.2) is 0 Å². The molecule has 220 valence electrons. The summed E-state index contributed by atoms with van der Waals surface area (Å²) in [6.07, 6.45) is 0. The summed E-state index contributed by atoms with van der Waals surface area (Å²) in [5.74, 6) is 0. The van der Waals surface area contributed by atoms with Gasteiger partial charge in [-0.3, -0.25) is 0 Å². The van der Waals surface area contributed by atoms with E-state index >= 15 is 0 Å². The molecule has 0 amide bonds. The van der Waals surface area contributed by atoms with Crippen molar-refractivity contribution in [3.05, 3.63) is 164 Å². The van der Waals surface area contributed by atoms with E-state index in [1.165, 1.54) is 58.2 Å². The predicted molar refractivity (Wildman–Crippen MR) is 202 cm³/mol. The van der Waals surface area contributed by atoms with Gasteiger partial charge < -0.3 is 9.32 Å². The van der Waals surface area contributed by atoms with E-state index in [-0.39, 0.29) is 0 Å². The summed E-state index contributed by atoms with van der Waals surface area (Å²) in [6, 6.07) is 58.8. The molecule has 0 N–H and O–H groups in total. The fraction of sp³-hybridized carbons (Fsp3) is 0. The van der Waals surface area contributed by atoms with Crippen LogP contribution in [0.1, 0.15) is 0 Å². The number of rotatable bonds is 4. The maximum atomic E-state index is 6.65. The zero-order valence-electron chi connectivity index (χ0n) is 25.4. The van der Waals surface area contributed by atoms with Crippen LogP contribution in [-0.4, -0.2) is 0 Å². The van der Waals surface area contributed by atoms with Gasteiger partial charge in [-0.15, -0.1) is 11.3 Å². The molecule has 0 fully saturated rings. The number of nitrogens with zero attached hydrogens (tertiary/aromatic N) is 1. The molecule has 8 aromatic carbocycles. The standard InChI is InChI=1S/C44H27NOS/c1-2-9-28(10-3-1)29-17-20-32(21-18-29)45(39-16-8-13-30-11-4-6-14-34(30)39)33-22-24-38-41(27-33)46-40-26-25-37-36-23-19-31-12-5-7-15-35(31)43(36)47-44(37)42(38)40/h1-27H. The maximum Gasteiger partial charge on any atom is 0.137 e. The van der Waals surface area contributed by atoms with Crippen molar-refractivity contribution in [1.29, 1.82) is 0 Å². The Labute approximate surface area is 275 Å². The van der Waals surface area contributed by atoms with Crippen LogP contribution in [0.5, 0.6) is 0 Å². The number of hydrogen-bond donors (Lipinski definition) is 0. The van der Waals surface area contributed by atoms with E-state index in [0.29, 0.717) is 0 Å². The number of furan rings is 1. The Morgan fingerprint density at radius 1 is 0.404 bits per heavy atom. The average molecular weight is 618 g/mol. The second kappa shape index (κ2) is 10.3. The van der Waals surface area contributed by atoms with Crippen molar-refractivity contribution in [2.45, 2.75) is 0 Å². The monoisotopic (exact) mass is 617 g/mol. The molecule has 0 radical (unpaired) electrons. The fourth-order valence-corrected chi connectivity index (χ4v) is 8.60. The number of benzene rings is 8. The lowest BCUT2D eigenvalue weighted by molar-refractivity contribution is 0.669. The van der Waals surface area contributed by atoms with Gasteiger partial charge in [0.15, 0.2) is 0 Å². The third-order valence-electron chi connectivity index (χ3n) is 9.45. The lowest BCUT2D eigenvalue weighted by Crippen LogP contribution is -2.10. The Balaban J connectivity index is 1.18. The van der Waals surface area contributed by atoms with Crippen LogP contribution in [-0.2, 0) is 0 Å². The lowest BCUT2D eigenvalue weighted by Gasteiger charge is -2.27. The van der Waals surface area contributed by atoms with Crippen LogP contribution >= 0.6 is 11.3 Å². The largest absolute Gasteiger partial charge is 0.456 e. The number of thiophene rings is 1.